The standard InChI is InChI=1S/C24H27N3O4/c1-3-25-22(29)17(2)27(16-18-10-5-4-6-11-18)21(28)14-9-15-26-23(30)19-12-7-8-13-20(19)24(26)31/h4-8,10-13,17H,3,9,14-16H2,1-2H3,(H,25,29)/t17-/m0/s1. The monoisotopic (exact) mass is 421 g/mol. The van der Waals surface area contributed by atoms with Gasteiger partial charge in [-0.2, -0.15) is 0 Å². The minimum absolute atomic E-state index is 0.129. The lowest BCUT2D eigenvalue weighted by Crippen LogP contribution is -2.47. The van der Waals surface area contributed by atoms with E-state index < -0.39 is 6.04 Å². The second kappa shape index (κ2) is 10.0. The fraction of sp³-hybridized carbons (Fsp3) is 0.333. The Labute approximate surface area is 182 Å². The van der Waals surface area contributed by atoms with E-state index >= 15 is 0 Å². The summed E-state index contributed by atoms with van der Waals surface area (Å²) in [5.41, 5.74) is 1.72. The molecule has 1 aliphatic heterocycles. The largest absolute Gasteiger partial charge is 0.355 e. The molecule has 2 aromatic carbocycles. The number of fused-ring (bicyclic) bond motifs is 1. The van der Waals surface area contributed by atoms with Crippen molar-refractivity contribution < 1.29 is 19.2 Å². The molecule has 0 bridgehead atoms. The van der Waals surface area contributed by atoms with E-state index in [9.17, 15) is 19.2 Å². The zero-order valence-electron chi connectivity index (χ0n) is 17.8. The first-order valence-electron chi connectivity index (χ1n) is 10.5. The van der Waals surface area contributed by atoms with Crippen LogP contribution in [0.2, 0.25) is 0 Å². The van der Waals surface area contributed by atoms with Gasteiger partial charge in [0.15, 0.2) is 0 Å². The molecule has 162 valence electrons. The van der Waals surface area contributed by atoms with Gasteiger partial charge in [-0.1, -0.05) is 42.5 Å². The van der Waals surface area contributed by atoms with E-state index in [0.29, 0.717) is 30.6 Å². The van der Waals surface area contributed by atoms with Crippen LogP contribution in [0.25, 0.3) is 0 Å². The molecular weight excluding hydrogens is 394 g/mol. The Morgan fingerprint density at radius 3 is 2.13 bits per heavy atom. The molecule has 0 spiro atoms. The van der Waals surface area contributed by atoms with Crippen molar-refractivity contribution in [3.8, 4) is 0 Å². The highest BCUT2D eigenvalue weighted by Crippen LogP contribution is 2.23. The molecule has 7 heteroatoms. The molecular formula is C24H27N3O4. The van der Waals surface area contributed by atoms with Gasteiger partial charge >= 0.3 is 0 Å². The van der Waals surface area contributed by atoms with Gasteiger partial charge in [0.1, 0.15) is 6.04 Å². The summed E-state index contributed by atoms with van der Waals surface area (Å²) >= 11 is 0. The number of carbonyl (C=O) groups is 4. The number of carbonyl (C=O) groups excluding carboxylic acids is 4. The smallest absolute Gasteiger partial charge is 0.261 e. The van der Waals surface area contributed by atoms with Crippen molar-refractivity contribution in [1.82, 2.24) is 15.1 Å². The van der Waals surface area contributed by atoms with Crippen molar-refractivity contribution in [2.75, 3.05) is 13.1 Å². The van der Waals surface area contributed by atoms with E-state index in [1.165, 1.54) is 4.90 Å². The number of hydrogen-bond acceptors (Lipinski definition) is 4. The van der Waals surface area contributed by atoms with Crippen molar-refractivity contribution in [3.05, 3.63) is 71.3 Å². The maximum atomic E-state index is 13.0. The lowest BCUT2D eigenvalue weighted by atomic mass is 10.1. The van der Waals surface area contributed by atoms with Crippen LogP contribution in [-0.4, -0.2) is 52.6 Å². The van der Waals surface area contributed by atoms with Crippen LogP contribution in [0.1, 0.15) is 53.0 Å². The quantitative estimate of drug-likeness (QED) is 0.631. The van der Waals surface area contributed by atoms with Gasteiger partial charge in [-0.25, -0.2) is 0 Å². The molecule has 31 heavy (non-hydrogen) atoms. The van der Waals surface area contributed by atoms with Gasteiger partial charge in [-0.3, -0.25) is 24.1 Å². The van der Waals surface area contributed by atoms with Gasteiger partial charge in [0.25, 0.3) is 11.8 Å². The van der Waals surface area contributed by atoms with Crippen LogP contribution in [0.3, 0.4) is 0 Å². The van der Waals surface area contributed by atoms with E-state index in [2.05, 4.69) is 5.32 Å². The summed E-state index contributed by atoms with van der Waals surface area (Å²) in [7, 11) is 0. The molecule has 0 unspecified atom stereocenters. The summed E-state index contributed by atoms with van der Waals surface area (Å²) in [4.78, 5) is 53.1. The van der Waals surface area contributed by atoms with Crippen LogP contribution in [0, 0.1) is 0 Å². The molecule has 0 aromatic heterocycles. The van der Waals surface area contributed by atoms with Gasteiger partial charge in [0, 0.05) is 26.1 Å². The minimum Gasteiger partial charge on any atom is -0.355 e. The summed E-state index contributed by atoms with van der Waals surface area (Å²) in [6.45, 7) is 4.49. The summed E-state index contributed by atoms with van der Waals surface area (Å²) in [6, 6.07) is 15.6. The van der Waals surface area contributed by atoms with Gasteiger partial charge in [0.2, 0.25) is 11.8 Å². The topological polar surface area (TPSA) is 86.8 Å². The first-order valence-corrected chi connectivity index (χ1v) is 10.5. The fourth-order valence-electron chi connectivity index (χ4n) is 3.66. The highest BCUT2D eigenvalue weighted by molar-refractivity contribution is 6.21. The number of benzene rings is 2. The third-order valence-corrected chi connectivity index (χ3v) is 5.36. The Morgan fingerprint density at radius 2 is 1.55 bits per heavy atom. The number of likely N-dealkylation sites (N-methyl/N-ethyl adjacent to an activating group) is 1. The Kier molecular flexibility index (Phi) is 7.18. The maximum absolute atomic E-state index is 13.0. The number of nitrogens with zero attached hydrogens (tertiary/aromatic N) is 2. The zero-order chi connectivity index (χ0) is 22.4. The minimum atomic E-state index is -0.632. The zero-order valence-corrected chi connectivity index (χ0v) is 17.8. The van der Waals surface area contributed by atoms with E-state index in [0.717, 1.165) is 5.56 Å². The average Bonchev–Trinajstić information content (AvgIpc) is 3.03. The summed E-state index contributed by atoms with van der Waals surface area (Å²) < 4.78 is 0. The first-order chi connectivity index (χ1) is 14.9. The van der Waals surface area contributed by atoms with Gasteiger partial charge in [-0.15, -0.1) is 0 Å². The number of amides is 4. The summed E-state index contributed by atoms with van der Waals surface area (Å²) in [6.07, 6.45) is 0.460. The Morgan fingerprint density at radius 1 is 0.968 bits per heavy atom. The second-order valence-corrected chi connectivity index (χ2v) is 7.49. The average molecular weight is 421 g/mol. The third kappa shape index (κ3) is 4.99. The Hall–Kier alpha value is -3.48. The predicted molar refractivity (Wildman–Crippen MR) is 116 cm³/mol. The second-order valence-electron chi connectivity index (χ2n) is 7.49. The Bertz CT molecular complexity index is 939. The van der Waals surface area contributed by atoms with E-state index in [4.69, 9.17) is 0 Å². The fourth-order valence-corrected chi connectivity index (χ4v) is 3.66. The van der Waals surface area contributed by atoms with Crippen LogP contribution in [0.15, 0.2) is 54.6 Å². The molecule has 0 aliphatic carbocycles. The maximum Gasteiger partial charge on any atom is 0.261 e. The normalized spacial score (nSPS) is 13.7. The van der Waals surface area contributed by atoms with Crippen LogP contribution in [0.4, 0.5) is 0 Å². The summed E-state index contributed by atoms with van der Waals surface area (Å²) in [5.74, 6) is -1.07. The third-order valence-electron chi connectivity index (χ3n) is 5.36. The van der Waals surface area contributed by atoms with Crippen molar-refractivity contribution in [1.29, 1.82) is 0 Å². The van der Waals surface area contributed by atoms with Crippen molar-refractivity contribution in [3.63, 3.8) is 0 Å². The van der Waals surface area contributed by atoms with E-state index in [1.807, 2.05) is 37.3 Å². The number of rotatable bonds is 9. The molecule has 1 heterocycles. The van der Waals surface area contributed by atoms with Gasteiger partial charge in [-0.05, 0) is 38.0 Å². The molecule has 0 saturated heterocycles. The van der Waals surface area contributed by atoms with E-state index in [1.54, 1.807) is 36.1 Å². The number of imide groups is 1. The predicted octanol–water partition coefficient (Wildman–Crippen LogP) is 2.62. The van der Waals surface area contributed by atoms with Crippen LogP contribution in [-0.2, 0) is 16.1 Å². The molecule has 2 aromatic rings. The lowest BCUT2D eigenvalue weighted by Gasteiger charge is -2.29. The van der Waals surface area contributed by atoms with Crippen molar-refractivity contribution in [2.45, 2.75) is 39.3 Å². The molecule has 3 rings (SSSR count). The van der Waals surface area contributed by atoms with E-state index in [-0.39, 0.29) is 36.6 Å². The molecule has 1 atom stereocenters. The molecule has 4 amide bonds. The van der Waals surface area contributed by atoms with Crippen LogP contribution in [0.5, 0.6) is 0 Å². The first kappa shape index (κ1) is 22.2. The lowest BCUT2D eigenvalue weighted by molar-refractivity contribution is -0.140. The van der Waals surface area contributed by atoms with Gasteiger partial charge in [0.05, 0.1) is 11.1 Å². The molecule has 0 radical (unpaired) electrons. The van der Waals surface area contributed by atoms with Crippen LogP contribution < -0.4 is 5.32 Å². The number of hydrogen-bond donors (Lipinski definition) is 1. The summed E-state index contributed by atoms with van der Waals surface area (Å²) in [5, 5.41) is 2.76. The van der Waals surface area contributed by atoms with Gasteiger partial charge < -0.3 is 10.2 Å². The molecule has 7 nitrogen and oxygen atoms in total. The SMILES string of the molecule is CCNC(=O)[C@H](C)N(Cc1ccccc1)C(=O)CCCN1C(=O)c2ccccc2C1=O. The molecule has 0 fully saturated rings. The molecule has 0 saturated carbocycles. The number of nitrogens with one attached hydrogen (secondary N) is 1. The van der Waals surface area contributed by atoms with Crippen LogP contribution >= 0.6 is 0 Å². The molecule has 1 aliphatic rings. The highest BCUT2D eigenvalue weighted by atomic mass is 16.2. The van der Waals surface area contributed by atoms with Crippen molar-refractivity contribution >= 4 is 23.6 Å². The van der Waals surface area contributed by atoms with Crippen molar-refractivity contribution in [2.24, 2.45) is 0 Å². The molecule has 1 N–H and O–H groups in total. The Balaban J connectivity index is 1.64. The highest BCUT2D eigenvalue weighted by Gasteiger charge is 2.35.